The van der Waals surface area contributed by atoms with Crippen molar-refractivity contribution in [2.45, 2.75) is 13.8 Å². The van der Waals surface area contributed by atoms with Crippen LogP contribution in [0.4, 0.5) is 0 Å². The monoisotopic (exact) mass is 172 g/mol. The third kappa shape index (κ3) is 2.34. The Hall–Kier alpha value is -0.310. The van der Waals surface area contributed by atoms with Crippen LogP contribution in [-0.2, 0) is 0 Å². The van der Waals surface area contributed by atoms with Crippen molar-refractivity contribution in [1.29, 1.82) is 0 Å². The first kappa shape index (κ1) is 11.7. The van der Waals surface area contributed by atoms with E-state index in [0.717, 1.165) is 6.29 Å². The Morgan fingerprint density at radius 1 is 1.25 bits per heavy atom. The summed E-state index contributed by atoms with van der Waals surface area (Å²) in [7, 11) is 0. The van der Waals surface area contributed by atoms with Crippen molar-refractivity contribution in [3.8, 4) is 5.75 Å². The fourth-order valence-corrected chi connectivity index (χ4v) is 1.05. The number of hydrogen-bond donors (Lipinski definition) is 0. The Morgan fingerprint density at radius 3 is 2.00 bits per heavy atom. The van der Waals surface area contributed by atoms with Gasteiger partial charge in [0.25, 0.3) is 0 Å². The summed E-state index contributed by atoms with van der Waals surface area (Å²) in [5.74, 6) is 0.0237. The van der Waals surface area contributed by atoms with E-state index < -0.39 is 0 Å². The van der Waals surface area contributed by atoms with Crippen LogP contribution in [0.25, 0.3) is 0 Å². The summed E-state index contributed by atoms with van der Waals surface area (Å²) in [5, 5.41) is 11.1. The van der Waals surface area contributed by atoms with Gasteiger partial charge in [-0.2, -0.15) is 0 Å². The van der Waals surface area contributed by atoms with E-state index >= 15 is 0 Å². The van der Waals surface area contributed by atoms with E-state index in [1.165, 1.54) is 0 Å². The summed E-state index contributed by atoms with van der Waals surface area (Å²) < 4.78 is 0. The molecule has 0 aliphatic rings. The summed E-state index contributed by atoms with van der Waals surface area (Å²) in [4.78, 5) is 10.3. The third-order valence-electron chi connectivity index (χ3n) is 1.62. The molecule has 0 spiro atoms. The van der Waals surface area contributed by atoms with Crippen LogP contribution in [-0.4, -0.2) is 6.29 Å². The summed E-state index contributed by atoms with van der Waals surface area (Å²) in [6, 6.07) is 3.20. The number of carbonyl (C=O) groups excluding carboxylic acids is 1. The number of rotatable bonds is 1. The molecule has 0 aliphatic carbocycles. The molecule has 0 aromatic heterocycles. The minimum atomic E-state index is 0. The van der Waals surface area contributed by atoms with Crippen molar-refractivity contribution in [3.63, 3.8) is 0 Å². The Balaban J connectivity index is 0.00000121. The predicted octanol–water partition coefficient (Wildman–Crippen LogP) is -1.81. The second-order valence-electron chi connectivity index (χ2n) is 2.60. The zero-order valence-corrected chi connectivity index (χ0v) is 9.55. The van der Waals surface area contributed by atoms with E-state index in [1.807, 2.05) is 0 Å². The van der Waals surface area contributed by atoms with Crippen molar-refractivity contribution in [2.24, 2.45) is 0 Å². The number of benzene rings is 1. The molecule has 0 unspecified atom stereocenters. The smallest absolute Gasteiger partial charge is 0.872 e. The maximum atomic E-state index is 11.1. The van der Waals surface area contributed by atoms with Crippen molar-refractivity contribution < 1.29 is 39.5 Å². The second-order valence-corrected chi connectivity index (χ2v) is 2.60. The first-order valence-electron chi connectivity index (χ1n) is 3.38. The van der Waals surface area contributed by atoms with Crippen LogP contribution in [0, 0.1) is 13.8 Å². The van der Waals surface area contributed by atoms with Gasteiger partial charge < -0.3 is 5.11 Å². The molecule has 0 heterocycles. The van der Waals surface area contributed by atoms with E-state index in [1.54, 1.807) is 26.0 Å². The number of aryl methyl sites for hydroxylation is 2. The average molecular weight is 172 g/mol. The third-order valence-corrected chi connectivity index (χ3v) is 1.62. The first-order valence-corrected chi connectivity index (χ1v) is 3.38. The van der Waals surface area contributed by atoms with Gasteiger partial charge in [0.05, 0.1) is 0 Å². The Morgan fingerprint density at radius 2 is 1.67 bits per heavy atom. The molecule has 58 valence electrons. The van der Waals surface area contributed by atoms with Crippen LogP contribution in [0.5, 0.6) is 5.75 Å². The second kappa shape index (κ2) is 4.65. The van der Waals surface area contributed by atoms with Crippen molar-refractivity contribution in [1.82, 2.24) is 0 Å². The summed E-state index contributed by atoms with van der Waals surface area (Å²) in [6.07, 6.45) is 0.749. The molecule has 0 amide bonds. The molecule has 0 aliphatic heterocycles. The Kier molecular flexibility index (Phi) is 4.53. The predicted molar refractivity (Wildman–Crippen MR) is 40.7 cm³/mol. The molecule has 2 nitrogen and oxygen atoms in total. The first-order chi connectivity index (χ1) is 5.15. The van der Waals surface area contributed by atoms with E-state index in [4.69, 9.17) is 0 Å². The molecule has 0 saturated carbocycles. The SMILES string of the molecule is Cc1cc(C=O)cc(C)c1[O-].[Na+]. The van der Waals surface area contributed by atoms with E-state index in [0.29, 0.717) is 16.7 Å². The van der Waals surface area contributed by atoms with E-state index in [9.17, 15) is 9.90 Å². The molecule has 0 N–H and O–H groups in total. The Labute approximate surface area is 93.9 Å². The molecule has 0 radical (unpaired) electrons. The summed E-state index contributed by atoms with van der Waals surface area (Å²) >= 11 is 0. The van der Waals surface area contributed by atoms with Crippen molar-refractivity contribution in [2.75, 3.05) is 0 Å². The van der Waals surface area contributed by atoms with Gasteiger partial charge in [0.1, 0.15) is 6.29 Å². The van der Waals surface area contributed by atoms with Crippen LogP contribution < -0.4 is 34.7 Å². The molecular weight excluding hydrogens is 163 g/mol. The molecule has 0 bridgehead atoms. The quantitative estimate of drug-likeness (QED) is 0.370. The standard InChI is InChI=1S/C9H10O2.Na/c1-6-3-8(5-10)4-7(2)9(6)11;/h3-5,11H,1-2H3;/q;+1/p-1. The zero-order valence-electron chi connectivity index (χ0n) is 7.55. The van der Waals surface area contributed by atoms with Crippen LogP contribution >= 0.6 is 0 Å². The molecule has 0 saturated heterocycles. The maximum absolute atomic E-state index is 11.1. The average Bonchev–Trinajstić information content (AvgIpc) is 1.99. The van der Waals surface area contributed by atoms with Crippen LogP contribution in [0.2, 0.25) is 0 Å². The number of hydrogen-bond acceptors (Lipinski definition) is 2. The molecule has 0 fully saturated rings. The molecule has 1 aromatic rings. The molecule has 1 aromatic carbocycles. The summed E-state index contributed by atoms with van der Waals surface area (Å²) in [6.45, 7) is 3.42. The maximum Gasteiger partial charge on any atom is 1.00 e. The van der Waals surface area contributed by atoms with Crippen molar-refractivity contribution >= 4 is 6.29 Å². The molecule has 1 rings (SSSR count). The van der Waals surface area contributed by atoms with Crippen LogP contribution in [0.15, 0.2) is 12.1 Å². The summed E-state index contributed by atoms with van der Waals surface area (Å²) in [5.41, 5.74) is 1.83. The normalized spacial score (nSPS) is 8.83. The zero-order chi connectivity index (χ0) is 8.43. The molecule has 3 heteroatoms. The van der Waals surface area contributed by atoms with Gasteiger partial charge in [0, 0.05) is 5.56 Å². The van der Waals surface area contributed by atoms with Gasteiger partial charge in [-0.25, -0.2) is 0 Å². The van der Waals surface area contributed by atoms with Gasteiger partial charge in [-0.15, -0.1) is 5.75 Å². The van der Waals surface area contributed by atoms with Crippen molar-refractivity contribution in [3.05, 3.63) is 28.8 Å². The van der Waals surface area contributed by atoms with E-state index in [-0.39, 0.29) is 35.3 Å². The largest absolute Gasteiger partial charge is 1.00 e. The number of carbonyl (C=O) groups is 1. The van der Waals surface area contributed by atoms with Gasteiger partial charge in [0.15, 0.2) is 0 Å². The van der Waals surface area contributed by atoms with Gasteiger partial charge in [-0.05, 0) is 26.0 Å². The van der Waals surface area contributed by atoms with Crippen LogP contribution in [0.3, 0.4) is 0 Å². The molecule has 0 atom stereocenters. The molecular formula is C9H9NaO2. The molecule has 12 heavy (non-hydrogen) atoms. The number of aldehydes is 1. The van der Waals surface area contributed by atoms with Gasteiger partial charge in [-0.3, -0.25) is 4.79 Å². The fraction of sp³-hybridized carbons (Fsp3) is 0.222. The van der Waals surface area contributed by atoms with Gasteiger partial charge >= 0.3 is 29.6 Å². The van der Waals surface area contributed by atoms with E-state index in [2.05, 4.69) is 0 Å². The fourth-order valence-electron chi connectivity index (χ4n) is 1.05. The van der Waals surface area contributed by atoms with Gasteiger partial charge in [-0.1, -0.05) is 11.1 Å². The van der Waals surface area contributed by atoms with Crippen LogP contribution in [0.1, 0.15) is 21.5 Å². The van der Waals surface area contributed by atoms with Gasteiger partial charge in [0.2, 0.25) is 0 Å². The Bertz CT molecular complexity index is 272. The minimum Gasteiger partial charge on any atom is -0.872 e. The minimum absolute atomic E-state index is 0. The topological polar surface area (TPSA) is 40.1 Å².